The van der Waals surface area contributed by atoms with Crippen LogP contribution in [0.15, 0.2) is 42.7 Å². The molecular weight excluding hydrogens is 278 g/mol. The van der Waals surface area contributed by atoms with Crippen molar-refractivity contribution in [3.63, 3.8) is 0 Å². The second kappa shape index (κ2) is 7.59. The number of nitrogens with zero attached hydrogens (tertiary/aromatic N) is 1. The van der Waals surface area contributed by atoms with Crippen LogP contribution < -0.4 is 11.1 Å². The van der Waals surface area contributed by atoms with E-state index in [0.29, 0.717) is 6.54 Å². The van der Waals surface area contributed by atoms with Gasteiger partial charge in [0.05, 0.1) is 5.92 Å². The fourth-order valence-corrected chi connectivity index (χ4v) is 2.71. The normalized spacial score (nSPS) is 18.3. The van der Waals surface area contributed by atoms with Crippen LogP contribution in [0, 0.1) is 5.92 Å². The van der Waals surface area contributed by atoms with Crippen LogP contribution in [0.4, 0.5) is 5.69 Å². The lowest BCUT2D eigenvalue weighted by Crippen LogP contribution is -2.40. The van der Waals surface area contributed by atoms with E-state index in [9.17, 15) is 9.59 Å². The average molecular weight is 299 g/mol. The summed E-state index contributed by atoms with van der Waals surface area (Å²) in [4.78, 5) is 25.0. The molecule has 1 aromatic carbocycles. The third kappa shape index (κ3) is 4.58. The molecule has 0 spiro atoms. The molecule has 0 aromatic heterocycles. The monoisotopic (exact) mass is 299 g/mol. The molecular formula is C17H21N3O2. The van der Waals surface area contributed by atoms with Gasteiger partial charge in [-0.3, -0.25) is 14.5 Å². The van der Waals surface area contributed by atoms with Crippen molar-refractivity contribution >= 4 is 17.5 Å². The smallest absolute Gasteiger partial charge is 0.256 e. The third-order valence-corrected chi connectivity index (χ3v) is 3.74. The molecule has 2 rings (SSSR count). The average Bonchev–Trinajstić information content (AvgIpc) is 2.48. The number of likely N-dealkylation sites (tertiary alicyclic amines) is 1. The first-order valence-corrected chi connectivity index (χ1v) is 7.36. The van der Waals surface area contributed by atoms with Gasteiger partial charge in [-0.15, -0.1) is 5.73 Å². The van der Waals surface area contributed by atoms with Crippen LogP contribution in [-0.2, 0) is 16.1 Å². The lowest BCUT2D eigenvalue weighted by Gasteiger charge is -2.31. The zero-order valence-electron chi connectivity index (χ0n) is 12.5. The van der Waals surface area contributed by atoms with E-state index in [1.165, 1.54) is 6.08 Å². The highest BCUT2D eigenvalue weighted by atomic mass is 16.1. The molecule has 5 nitrogen and oxygen atoms in total. The quantitative estimate of drug-likeness (QED) is 0.641. The summed E-state index contributed by atoms with van der Waals surface area (Å²) in [6, 6.07) is 7.68. The van der Waals surface area contributed by atoms with Gasteiger partial charge < -0.3 is 11.1 Å². The van der Waals surface area contributed by atoms with Gasteiger partial charge in [0.25, 0.3) is 5.91 Å². The topological polar surface area (TPSA) is 75.4 Å². The van der Waals surface area contributed by atoms with E-state index in [1.54, 1.807) is 0 Å². The lowest BCUT2D eigenvalue weighted by molar-refractivity contribution is -0.123. The molecule has 1 saturated heterocycles. The SMILES string of the molecule is C=C=CC(=O)Nc1cccc(CN2CCCC(C(N)=O)C2)c1. The van der Waals surface area contributed by atoms with Crippen molar-refractivity contribution in [3.05, 3.63) is 48.2 Å². The first-order chi connectivity index (χ1) is 10.6. The van der Waals surface area contributed by atoms with Crippen LogP contribution in [0.25, 0.3) is 0 Å². The molecule has 0 saturated carbocycles. The van der Waals surface area contributed by atoms with Crippen LogP contribution in [0.1, 0.15) is 18.4 Å². The standard InChI is InChI=1S/C17H21N3O2/c1-2-5-16(21)19-15-8-3-6-13(10-15)11-20-9-4-7-14(12-20)17(18)22/h3,5-6,8,10,14H,1,4,7,9,11-12H2,(H2,18,22)(H,19,21). The number of anilines is 1. The molecule has 1 aromatic rings. The Labute approximate surface area is 130 Å². The van der Waals surface area contributed by atoms with Crippen LogP contribution in [0.3, 0.4) is 0 Å². The molecule has 116 valence electrons. The van der Waals surface area contributed by atoms with Gasteiger partial charge >= 0.3 is 0 Å². The Morgan fingerprint density at radius 1 is 1.50 bits per heavy atom. The van der Waals surface area contributed by atoms with E-state index < -0.39 is 0 Å². The number of nitrogens with two attached hydrogens (primary N) is 1. The number of hydrogen-bond donors (Lipinski definition) is 2. The highest BCUT2D eigenvalue weighted by Gasteiger charge is 2.23. The van der Waals surface area contributed by atoms with Gasteiger partial charge in [0, 0.05) is 24.9 Å². The summed E-state index contributed by atoms with van der Waals surface area (Å²) in [5, 5.41) is 2.76. The molecule has 2 amide bonds. The van der Waals surface area contributed by atoms with E-state index in [-0.39, 0.29) is 17.7 Å². The van der Waals surface area contributed by atoms with Gasteiger partial charge in [-0.2, -0.15) is 0 Å². The molecule has 1 aliphatic heterocycles. The Kier molecular flexibility index (Phi) is 5.53. The first-order valence-electron chi connectivity index (χ1n) is 7.36. The number of hydrogen-bond acceptors (Lipinski definition) is 3. The molecule has 1 heterocycles. The second-order valence-electron chi connectivity index (χ2n) is 5.51. The summed E-state index contributed by atoms with van der Waals surface area (Å²) in [6.45, 7) is 5.77. The first kappa shape index (κ1) is 16.0. The maximum Gasteiger partial charge on any atom is 0.256 e. The van der Waals surface area contributed by atoms with E-state index in [0.717, 1.165) is 37.2 Å². The summed E-state index contributed by atoms with van der Waals surface area (Å²) in [5.41, 5.74) is 9.67. The Morgan fingerprint density at radius 3 is 3.05 bits per heavy atom. The molecule has 1 aliphatic rings. The molecule has 0 aliphatic carbocycles. The molecule has 1 atom stereocenters. The fourth-order valence-electron chi connectivity index (χ4n) is 2.71. The molecule has 1 unspecified atom stereocenters. The van der Waals surface area contributed by atoms with Crippen molar-refractivity contribution in [2.24, 2.45) is 11.7 Å². The summed E-state index contributed by atoms with van der Waals surface area (Å²) in [5.74, 6) is -0.532. The molecule has 0 bridgehead atoms. The minimum atomic E-state index is -0.251. The summed E-state index contributed by atoms with van der Waals surface area (Å²) >= 11 is 0. The van der Waals surface area contributed by atoms with Crippen molar-refractivity contribution in [2.75, 3.05) is 18.4 Å². The van der Waals surface area contributed by atoms with Gasteiger partial charge in [-0.05, 0) is 37.1 Å². The van der Waals surface area contributed by atoms with Crippen LogP contribution in [-0.4, -0.2) is 29.8 Å². The van der Waals surface area contributed by atoms with Gasteiger partial charge in [-0.25, -0.2) is 0 Å². The van der Waals surface area contributed by atoms with Crippen LogP contribution in [0.5, 0.6) is 0 Å². The molecule has 22 heavy (non-hydrogen) atoms. The van der Waals surface area contributed by atoms with E-state index >= 15 is 0 Å². The predicted octanol–water partition coefficient (Wildman–Crippen LogP) is 1.66. The van der Waals surface area contributed by atoms with Crippen LogP contribution >= 0.6 is 0 Å². The van der Waals surface area contributed by atoms with Crippen molar-refractivity contribution < 1.29 is 9.59 Å². The number of nitrogens with one attached hydrogen (secondary N) is 1. The molecule has 5 heteroatoms. The minimum absolute atomic E-state index is 0.0608. The van der Waals surface area contributed by atoms with Gasteiger partial charge in [0.2, 0.25) is 5.91 Å². The van der Waals surface area contributed by atoms with E-state index in [4.69, 9.17) is 5.73 Å². The fraction of sp³-hybridized carbons (Fsp3) is 0.353. The highest BCUT2D eigenvalue weighted by Crippen LogP contribution is 2.19. The number of amides is 2. The summed E-state index contributed by atoms with van der Waals surface area (Å²) < 4.78 is 0. The minimum Gasteiger partial charge on any atom is -0.369 e. The summed E-state index contributed by atoms with van der Waals surface area (Å²) in [7, 11) is 0. The largest absolute Gasteiger partial charge is 0.369 e. The van der Waals surface area contributed by atoms with E-state index in [1.807, 2.05) is 24.3 Å². The van der Waals surface area contributed by atoms with E-state index in [2.05, 4.69) is 22.5 Å². The number of rotatable bonds is 5. The Balaban J connectivity index is 1.99. The van der Waals surface area contributed by atoms with Crippen molar-refractivity contribution in [2.45, 2.75) is 19.4 Å². The molecule has 1 fully saturated rings. The zero-order chi connectivity index (χ0) is 15.9. The maximum absolute atomic E-state index is 11.5. The number of piperidine rings is 1. The van der Waals surface area contributed by atoms with Gasteiger partial charge in [0.1, 0.15) is 0 Å². The maximum atomic E-state index is 11.5. The lowest BCUT2D eigenvalue weighted by atomic mass is 9.97. The number of primary amides is 1. The number of benzene rings is 1. The van der Waals surface area contributed by atoms with Crippen molar-refractivity contribution in [3.8, 4) is 0 Å². The Bertz CT molecular complexity index is 606. The molecule has 3 N–H and O–H groups in total. The number of carbonyl (C=O) groups is 2. The predicted molar refractivity (Wildman–Crippen MR) is 86.0 cm³/mol. The third-order valence-electron chi connectivity index (χ3n) is 3.74. The number of carbonyl (C=O) groups excluding carboxylic acids is 2. The van der Waals surface area contributed by atoms with Crippen molar-refractivity contribution in [1.82, 2.24) is 4.90 Å². The van der Waals surface area contributed by atoms with Crippen molar-refractivity contribution in [1.29, 1.82) is 0 Å². The van der Waals surface area contributed by atoms with Crippen LogP contribution in [0.2, 0.25) is 0 Å². The second-order valence-corrected chi connectivity index (χ2v) is 5.51. The van der Waals surface area contributed by atoms with Gasteiger partial charge in [-0.1, -0.05) is 18.7 Å². The zero-order valence-corrected chi connectivity index (χ0v) is 12.5. The molecule has 0 radical (unpaired) electrons. The summed E-state index contributed by atoms with van der Waals surface area (Å²) in [6.07, 6.45) is 3.11. The Hall–Kier alpha value is -2.36. The van der Waals surface area contributed by atoms with Gasteiger partial charge in [0.15, 0.2) is 0 Å². The Morgan fingerprint density at radius 2 is 2.32 bits per heavy atom. The highest BCUT2D eigenvalue weighted by molar-refractivity contribution is 5.99.